The summed E-state index contributed by atoms with van der Waals surface area (Å²) in [6, 6.07) is 0. The van der Waals surface area contributed by atoms with Crippen LogP contribution in [0.4, 0.5) is 4.39 Å². The van der Waals surface area contributed by atoms with Gasteiger partial charge in [-0.3, -0.25) is 4.84 Å². The molecular weight excluding hydrogens is 149 g/mol. The number of guanidine groups is 1. The normalized spacial score (nSPS) is 11.5. The van der Waals surface area contributed by atoms with E-state index in [0.717, 1.165) is 0 Å². The van der Waals surface area contributed by atoms with E-state index in [9.17, 15) is 4.39 Å². The molecule has 0 amide bonds. The average Bonchev–Trinajstić information content (AvgIpc) is 1.97. The van der Waals surface area contributed by atoms with Crippen LogP contribution in [-0.2, 0) is 4.84 Å². The van der Waals surface area contributed by atoms with Gasteiger partial charge in [-0.05, 0) is 0 Å². The zero-order valence-electron chi connectivity index (χ0n) is 7.09. The van der Waals surface area contributed by atoms with Gasteiger partial charge in [0, 0.05) is 14.1 Å². The molecule has 0 aromatic rings. The Morgan fingerprint density at radius 2 is 2.27 bits per heavy atom. The SMILES string of the molecule is CONC(=NCCF)N(C)C. The first-order valence-corrected chi connectivity index (χ1v) is 3.29. The monoisotopic (exact) mass is 163 g/mol. The lowest BCUT2D eigenvalue weighted by molar-refractivity contribution is 0.134. The molecule has 0 spiro atoms. The lowest BCUT2D eigenvalue weighted by Gasteiger charge is -2.15. The fourth-order valence-corrected chi connectivity index (χ4v) is 0.504. The fraction of sp³-hybridized carbons (Fsp3) is 0.833. The average molecular weight is 163 g/mol. The lowest BCUT2D eigenvalue weighted by Crippen LogP contribution is -2.35. The maximum Gasteiger partial charge on any atom is 0.217 e. The van der Waals surface area contributed by atoms with Crippen molar-refractivity contribution in [3.8, 4) is 0 Å². The van der Waals surface area contributed by atoms with Crippen LogP contribution >= 0.6 is 0 Å². The largest absolute Gasteiger partial charge is 0.347 e. The summed E-state index contributed by atoms with van der Waals surface area (Å²) in [5.74, 6) is 0.519. The van der Waals surface area contributed by atoms with Crippen LogP contribution in [0, 0.1) is 0 Å². The molecule has 0 aliphatic rings. The van der Waals surface area contributed by atoms with Gasteiger partial charge in [0.1, 0.15) is 6.67 Å². The zero-order chi connectivity index (χ0) is 8.69. The number of rotatable bonds is 3. The second-order valence-electron chi connectivity index (χ2n) is 2.09. The maximum absolute atomic E-state index is 11.7. The highest BCUT2D eigenvalue weighted by Crippen LogP contribution is 1.81. The summed E-state index contributed by atoms with van der Waals surface area (Å²) in [6.45, 7) is -0.299. The number of hydroxylamine groups is 1. The first-order chi connectivity index (χ1) is 5.22. The minimum Gasteiger partial charge on any atom is -0.347 e. The summed E-state index contributed by atoms with van der Waals surface area (Å²) in [5.41, 5.74) is 2.53. The molecule has 5 heteroatoms. The van der Waals surface area contributed by atoms with Crippen LogP contribution in [0.2, 0.25) is 0 Å². The molecule has 0 aromatic heterocycles. The van der Waals surface area contributed by atoms with E-state index in [4.69, 9.17) is 0 Å². The Hall–Kier alpha value is -0.840. The molecule has 0 heterocycles. The van der Waals surface area contributed by atoms with Crippen molar-refractivity contribution in [2.24, 2.45) is 4.99 Å². The topological polar surface area (TPSA) is 36.9 Å². The Morgan fingerprint density at radius 1 is 1.64 bits per heavy atom. The number of halogens is 1. The van der Waals surface area contributed by atoms with Crippen molar-refractivity contribution in [2.75, 3.05) is 34.4 Å². The van der Waals surface area contributed by atoms with Crippen molar-refractivity contribution < 1.29 is 9.23 Å². The molecule has 0 aliphatic carbocycles. The van der Waals surface area contributed by atoms with Gasteiger partial charge >= 0.3 is 0 Å². The van der Waals surface area contributed by atoms with Crippen molar-refractivity contribution in [1.29, 1.82) is 0 Å². The third-order valence-corrected chi connectivity index (χ3v) is 0.963. The van der Waals surface area contributed by atoms with Gasteiger partial charge in [-0.25, -0.2) is 14.9 Å². The molecule has 0 unspecified atom stereocenters. The third kappa shape index (κ3) is 4.55. The first-order valence-electron chi connectivity index (χ1n) is 3.29. The summed E-state index contributed by atoms with van der Waals surface area (Å²) in [7, 11) is 5.07. The highest BCUT2D eigenvalue weighted by molar-refractivity contribution is 5.78. The van der Waals surface area contributed by atoms with Gasteiger partial charge in [0.15, 0.2) is 0 Å². The molecule has 66 valence electrons. The Bertz CT molecular complexity index is 127. The molecule has 0 rings (SSSR count). The Morgan fingerprint density at radius 3 is 2.64 bits per heavy atom. The van der Waals surface area contributed by atoms with Gasteiger partial charge in [-0.15, -0.1) is 0 Å². The molecule has 0 aliphatic heterocycles. The van der Waals surface area contributed by atoms with Crippen molar-refractivity contribution in [2.45, 2.75) is 0 Å². The van der Waals surface area contributed by atoms with E-state index in [-0.39, 0.29) is 6.54 Å². The smallest absolute Gasteiger partial charge is 0.217 e. The molecule has 0 atom stereocenters. The van der Waals surface area contributed by atoms with Crippen molar-refractivity contribution in [1.82, 2.24) is 10.4 Å². The lowest BCUT2D eigenvalue weighted by atomic mass is 10.7. The predicted octanol–water partition coefficient (Wildman–Crippen LogP) is 0.0245. The van der Waals surface area contributed by atoms with E-state index in [0.29, 0.717) is 5.96 Å². The third-order valence-electron chi connectivity index (χ3n) is 0.963. The number of nitrogens with zero attached hydrogens (tertiary/aromatic N) is 2. The quantitative estimate of drug-likeness (QED) is 0.362. The highest BCUT2D eigenvalue weighted by atomic mass is 19.1. The summed E-state index contributed by atoms with van der Waals surface area (Å²) in [6.07, 6.45) is 0. The van der Waals surface area contributed by atoms with Crippen LogP contribution in [0.25, 0.3) is 0 Å². The molecular formula is C6H14FN3O. The summed E-state index contributed by atoms with van der Waals surface area (Å²) >= 11 is 0. The van der Waals surface area contributed by atoms with Gasteiger partial charge in [-0.2, -0.15) is 0 Å². The molecule has 0 aromatic carbocycles. The molecule has 0 bridgehead atoms. The Kier molecular flexibility index (Phi) is 5.46. The molecule has 0 saturated carbocycles. The maximum atomic E-state index is 11.7. The van der Waals surface area contributed by atoms with Crippen LogP contribution in [0.3, 0.4) is 0 Å². The van der Waals surface area contributed by atoms with Crippen LogP contribution in [0.1, 0.15) is 0 Å². The first kappa shape index (κ1) is 10.2. The van der Waals surface area contributed by atoms with Crippen molar-refractivity contribution in [3.05, 3.63) is 0 Å². The fourth-order valence-electron chi connectivity index (χ4n) is 0.504. The number of hydrogen-bond acceptors (Lipinski definition) is 2. The minimum atomic E-state index is -0.456. The van der Waals surface area contributed by atoms with E-state index in [1.54, 1.807) is 19.0 Å². The van der Waals surface area contributed by atoms with Gasteiger partial charge in [0.05, 0.1) is 13.7 Å². The molecule has 11 heavy (non-hydrogen) atoms. The molecule has 0 radical (unpaired) electrons. The standard InChI is InChI=1S/C6H14FN3O/c1-10(2)6(9-11-3)8-5-4-7/h4-5H2,1-3H3,(H,8,9). The van der Waals surface area contributed by atoms with Crippen LogP contribution < -0.4 is 5.48 Å². The van der Waals surface area contributed by atoms with E-state index >= 15 is 0 Å². The Balaban J connectivity index is 3.86. The van der Waals surface area contributed by atoms with E-state index < -0.39 is 6.67 Å². The molecule has 4 nitrogen and oxygen atoms in total. The molecule has 0 fully saturated rings. The number of hydrogen-bond donors (Lipinski definition) is 1. The summed E-state index contributed by atoms with van der Waals surface area (Å²) < 4.78 is 11.7. The molecule has 1 N–H and O–H groups in total. The Labute approximate surface area is 66.0 Å². The van der Waals surface area contributed by atoms with Crippen molar-refractivity contribution in [3.63, 3.8) is 0 Å². The van der Waals surface area contributed by atoms with Crippen LogP contribution in [-0.4, -0.2) is 45.3 Å². The predicted molar refractivity (Wildman–Crippen MR) is 42.1 cm³/mol. The minimum absolute atomic E-state index is 0.157. The number of nitrogens with one attached hydrogen (secondary N) is 1. The van der Waals surface area contributed by atoms with E-state index in [1.807, 2.05) is 0 Å². The second kappa shape index (κ2) is 5.91. The number of aliphatic imine (C=N–C) groups is 1. The second-order valence-corrected chi connectivity index (χ2v) is 2.09. The van der Waals surface area contributed by atoms with Gasteiger partial charge in [0.2, 0.25) is 5.96 Å². The van der Waals surface area contributed by atoms with Gasteiger partial charge < -0.3 is 4.90 Å². The van der Waals surface area contributed by atoms with Gasteiger partial charge in [-0.1, -0.05) is 0 Å². The van der Waals surface area contributed by atoms with E-state index in [1.165, 1.54) is 7.11 Å². The summed E-state index contributed by atoms with van der Waals surface area (Å²) in [5, 5.41) is 0. The molecule has 0 saturated heterocycles. The zero-order valence-corrected chi connectivity index (χ0v) is 7.09. The van der Waals surface area contributed by atoms with Gasteiger partial charge in [0.25, 0.3) is 0 Å². The van der Waals surface area contributed by atoms with Crippen LogP contribution in [0.5, 0.6) is 0 Å². The highest BCUT2D eigenvalue weighted by Gasteiger charge is 1.97. The summed E-state index contributed by atoms with van der Waals surface area (Å²) in [4.78, 5) is 10.2. The number of alkyl halides is 1. The van der Waals surface area contributed by atoms with Crippen molar-refractivity contribution >= 4 is 5.96 Å². The van der Waals surface area contributed by atoms with Crippen LogP contribution in [0.15, 0.2) is 4.99 Å². The van der Waals surface area contributed by atoms with E-state index in [2.05, 4.69) is 15.3 Å².